The van der Waals surface area contributed by atoms with Crippen LogP contribution in [0.3, 0.4) is 0 Å². The molecule has 2 rings (SSSR count). The van der Waals surface area contributed by atoms with E-state index >= 15 is 0 Å². The lowest BCUT2D eigenvalue weighted by Crippen LogP contribution is -2.35. The second-order valence-corrected chi connectivity index (χ2v) is 4.83. The SMILES string of the molecule is Cc1cc(C(=O)N(CCN)Cc2ccccc2)c(C)o1. The van der Waals surface area contributed by atoms with E-state index in [1.807, 2.05) is 44.2 Å². The van der Waals surface area contributed by atoms with Gasteiger partial charge in [-0.3, -0.25) is 4.79 Å². The normalized spacial score (nSPS) is 10.6. The van der Waals surface area contributed by atoms with Gasteiger partial charge in [0.25, 0.3) is 5.91 Å². The van der Waals surface area contributed by atoms with Gasteiger partial charge in [-0.15, -0.1) is 0 Å². The van der Waals surface area contributed by atoms with Crippen molar-refractivity contribution in [2.45, 2.75) is 20.4 Å². The van der Waals surface area contributed by atoms with Gasteiger partial charge in [0.2, 0.25) is 0 Å². The molecule has 1 aromatic heterocycles. The van der Waals surface area contributed by atoms with Crippen LogP contribution in [0, 0.1) is 13.8 Å². The molecule has 20 heavy (non-hydrogen) atoms. The molecule has 0 unspecified atom stereocenters. The molecule has 0 aliphatic rings. The van der Waals surface area contributed by atoms with Crippen LogP contribution in [0.2, 0.25) is 0 Å². The highest BCUT2D eigenvalue weighted by atomic mass is 16.3. The van der Waals surface area contributed by atoms with E-state index in [9.17, 15) is 4.79 Å². The highest BCUT2D eigenvalue weighted by molar-refractivity contribution is 5.95. The number of rotatable bonds is 5. The summed E-state index contributed by atoms with van der Waals surface area (Å²) in [5.41, 5.74) is 7.33. The molecule has 0 aliphatic heterocycles. The molecule has 0 radical (unpaired) electrons. The Morgan fingerprint density at radius 3 is 2.50 bits per heavy atom. The number of carbonyl (C=O) groups is 1. The molecule has 1 amide bonds. The fourth-order valence-electron chi connectivity index (χ4n) is 2.23. The molecule has 2 N–H and O–H groups in total. The number of hydrogen-bond donors (Lipinski definition) is 1. The Labute approximate surface area is 119 Å². The van der Waals surface area contributed by atoms with Crippen molar-refractivity contribution in [1.29, 1.82) is 0 Å². The van der Waals surface area contributed by atoms with E-state index in [4.69, 9.17) is 10.2 Å². The minimum Gasteiger partial charge on any atom is -0.466 e. The lowest BCUT2D eigenvalue weighted by atomic mass is 10.1. The van der Waals surface area contributed by atoms with Crippen molar-refractivity contribution in [1.82, 2.24) is 4.90 Å². The van der Waals surface area contributed by atoms with E-state index in [-0.39, 0.29) is 5.91 Å². The van der Waals surface area contributed by atoms with Crippen molar-refractivity contribution in [2.75, 3.05) is 13.1 Å². The predicted molar refractivity (Wildman–Crippen MR) is 78.4 cm³/mol. The number of amides is 1. The van der Waals surface area contributed by atoms with Gasteiger partial charge in [-0.2, -0.15) is 0 Å². The summed E-state index contributed by atoms with van der Waals surface area (Å²) in [4.78, 5) is 14.3. The predicted octanol–water partition coefficient (Wildman–Crippen LogP) is 2.50. The summed E-state index contributed by atoms with van der Waals surface area (Å²) >= 11 is 0. The summed E-state index contributed by atoms with van der Waals surface area (Å²) < 4.78 is 5.44. The third-order valence-electron chi connectivity index (χ3n) is 3.17. The maximum Gasteiger partial charge on any atom is 0.257 e. The van der Waals surface area contributed by atoms with Crippen molar-refractivity contribution >= 4 is 5.91 Å². The molecule has 1 aromatic carbocycles. The maximum absolute atomic E-state index is 12.6. The van der Waals surface area contributed by atoms with Crippen LogP contribution in [0.15, 0.2) is 40.8 Å². The first kappa shape index (κ1) is 14.3. The summed E-state index contributed by atoms with van der Waals surface area (Å²) in [6.07, 6.45) is 0. The molecule has 0 saturated carbocycles. The summed E-state index contributed by atoms with van der Waals surface area (Å²) in [5, 5.41) is 0. The molecule has 4 nitrogen and oxygen atoms in total. The Balaban J connectivity index is 2.20. The van der Waals surface area contributed by atoms with Crippen molar-refractivity contribution in [3.05, 3.63) is 59.0 Å². The molecular formula is C16H20N2O2. The van der Waals surface area contributed by atoms with Crippen molar-refractivity contribution in [3.63, 3.8) is 0 Å². The minimum atomic E-state index is -0.0337. The van der Waals surface area contributed by atoms with E-state index < -0.39 is 0 Å². The summed E-state index contributed by atoms with van der Waals surface area (Å²) in [5.74, 6) is 1.37. The molecule has 0 spiro atoms. The van der Waals surface area contributed by atoms with Crippen LogP contribution in [-0.2, 0) is 6.54 Å². The van der Waals surface area contributed by atoms with Gasteiger partial charge in [0.1, 0.15) is 11.5 Å². The molecule has 0 bridgehead atoms. The summed E-state index contributed by atoms with van der Waals surface area (Å²) in [6.45, 7) is 5.17. The van der Waals surface area contributed by atoms with Gasteiger partial charge in [0.05, 0.1) is 5.56 Å². The lowest BCUT2D eigenvalue weighted by molar-refractivity contribution is 0.0746. The Morgan fingerprint density at radius 2 is 1.95 bits per heavy atom. The Bertz CT molecular complexity index is 575. The van der Waals surface area contributed by atoms with Crippen molar-refractivity contribution in [2.24, 2.45) is 5.73 Å². The topological polar surface area (TPSA) is 59.5 Å². The first-order valence-corrected chi connectivity index (χ1v) is 6.72. The van der Waals surface area contributed by atoms with Gasteiger partial charge in [-0.05, 0) is 25.5 Å². The molecule has 4 heteroatoms. The fourth-order valence-corrected chi connectivity index (χ4v) is 2.23. The van der Waals surface area contributed by atoms with Crippen LogP contribution < -0.4 is 5.73 Å². The quantitative estimate of drug-likeness (QED) is 0.909. The van der Waals surface area contributed by atoms with Crippen LogP contribution in [0.4, 0.5) is 0 Å². The first-order chi connectivity index (χ1) is 9.61. The maximum atomic E-state index is 12.6. The molecule has 0 atom stereocenters. The molecule has 0 fully saturated rings. The summed E-state index contributed by atoms with van der Waals surface area (Å²) in [7, 11) is 0. The smallest absolute Gasteiger partial charge is 0.257 e. The average molecular weight is 272 g/mol. The zero-order valence-electron chi connectivity index (χ0n) is 11.9. The van der Waals surface area contributed by atoms with E-state index in [1.165, 1.54) is 0 Å². The number of hydrogen-bond acceptors (Lipinski definition) is 3. The van der Waals surface area contributed by atoms with Crippen LogP contribution in [-0.4, -0.2) is 23.9 Å². The average Bonchev–Trinajstić information content (AvgIpc) is 2.77. The van der Waals surface area contributed by atoms with Crippen molar-refractivity contribution < 1.29 is 9.21 Å². The van der Waals surface area contributed by atoms with E-state index in [0.717, 1.165) is 11.3 Å². The number of furan rings is 1. The number of nitrogens with two attached hydrogens (primary N) is 1. The molecule has 1 heterocycles. The number of carbonyl (C=O) groups excluding carboxylic acids is 1. The highest BCUT2D eigenvalue weighted by Gasteiger charge is 2.20. The van der Waals surface area contributed by atoms with Gasteiger partial charge in [0, 0.05) is 19.6 Å². The van der Waals surface area contributed by atoms with E-state index in [1.54, 1.807) is 11.0 Å². The number of nitrogens with zero attached hydrogens (tertiary/aromatic N) is 1. The standard InChI is InChI=1S/C16H20N2O2/c1-12-10-15(13(2)20-12)16(19)18(9-8-17)11-14-6-4-3-5-7-14/h3-7,10H,8-9,11,17H2,1-2H3. The van der Waals surface area contributed by atoms with Crippen molar-refractivity contribution in [3.8, 4) is 0 Å². The molecule has 0 aliphatic carbocycles. The molecule has 2 aromatic rings. The van der Waals surface area contributed by atoms with Crippen LogP contribution in [0.25, 0.3) is 0 Å². The minimum absolute atomic E-state index is 0.0337. The first-order valence-electron chi connectivity index (χ1n) is 6.72. The monoisotopic (exact) mass is 272 g/mol. The van der Waals surface area contributed by atoms with Gasteiger partial charge < -0.3 is 15.1 Å². The summed E-state index contributed by atoms with van der Waals surface area (Å²) in [6, 6.07) is 11.7. The Morgan fingerprint density at radius 1 is 1.25 bits per heavy atom. The number of aryl methyl sites for hydroxylation is 2. The lowest BCUT2D eigenvalue weighted by Gasteiger charge is -2.21. The zero-order valence-corrected chi connectivity index (χ0v) is 11.9. The fraction of sp³-hybridized carbons (Fsp3) is 0.312. The highest BCUT2D eigenvalue weighted by Crippen LogP contribution is 2.17. The third-order valence-corrected chi connectivity index (χ3v) is 3.17. The number of benzene rings is 1. The largest absolute Gasteiger partial charge is 0.466 e. The molecule has 0 saturated heterocycles. The second-order valence-electron chi connectivity index (χ2n) is 4.83. The van der Waals surface area contributed by atoms with Crippen LogP contribution in [0.5, 0.6) is 0 Å². The van der Waals surface area contributed by atoms with Gasteiger partial charge >= 0.3 is 0 Å². The van der Waals surface area contributed by atoms with E-state index in [0.29, 0.717) is 31.0 Å². The van der Waals surface area contributed by atoms with E-state index in [2.05, 4.69) is 0 Å². The second kappa shape index (κ2) is 6.39. The zero-order chi connectivity index (χ0) is 14.5. The van der Waals surface area contributed by atoms with Crippen LogP contribution >= 0.6 is 0 Å². The third kappa shape index (κ3) is 3.27. The van der Waals surface area contributed by atoms with Gasteiger partial charge in [-0.1, -0.05) is 30.3 Å². The molecular weight excluding hydrogens is 252 g/mol. The Kier molecular flexibility index (Phi) is 4.58. The van der Waals surface area contributed by atoms with Gasteiger partial charge in [-0.25, -0.2) is 0 Å². The molecule has 106 valence electrons. The van der Waals surface area contributed by atoms with Gasteiger partial charge in [0.15, 0.2) is 0 Å². The van der Waals surface area contributed by atoms with Crippen LogP contribution in [0.1, 0.15) is 27.4 Å². The Hall–Kier alpha value is -2.07.